The first-order valence-electron chi connectivity index (χ1n) is 7.55. The Balaban J connectivity index is 1.66. The summed E-state index contributed by atoms with van der Waals surface area (Å²) in [6.45, 7) is 3.75. The van der Waals surface area contributed by atoms with Crippen LogP contribution in [-0.4, -0.2) is 27.3 Å². The molecule has 0 bridgehead atoms. The number of amides is 1. The third-order valence-corrected chi connectivity index (χ3v) is 3.40. The molecule has 0 saturated heterocycles. The summed E-state index contributed by atoms with van der Waals surface area (Å²) in [6, 6.07) is 7.93. The van der Waals surface area contributed by atoms with Gasteiger partial charge in [0.15, 0.2) is 23.8 Å². The molecule has 0 fully saturated rings. The first kappa shape index (κ1) is 15.9. The van der Waals surface area contributed by atoms with Crippen molar-refractivity contribution in [3.05, 3.63) is 48.5 Å². The van der Waals surface area contributed by atoms with Gasteiger partial charge < -0.3 is 10.1 Å². The number of nitrogens with zero attached hydrogens (tertiary/aromatic N) is 3. The summed E-state index contributed by atoms with van der Waals surface area (Å²) >= 11 is 0. The van der Waals surface area contributed by atoms with Crippen LogP contribution in [0.25, 0.3) is 11.0 Å². The summed E-state index contributed by atoms with van der Waals surface area (Å²) in [7, 11) is 0. The van der Waals surface area contributed by atoms with Crippen molar-refractivity contribution >= 4 is 22.6 Å². The first-order chi connectivity index (χ1) is 11.5. The molecule has 3 aromatic rings. The normalized spacial score (nSPS) is 11.0. The number of aromatic nitrogens is 3. The minimum Gasteiger partial charge on any atom is -0.481 e. The Bertz CT molecular complexity index is 876. The molecular weight excluding hydrogens is 311 g/mol. The standard InChI is InChI=1S/C17H17FN4O2/c1-11(2)22-17-12(8-20-22)7-13(9-19-17)21-16(23)10-24-15-6-4-3-5-14(15)18/h3-9,11H,10H2,1-2H3,(H,21,23). The molecular formula is C17H17FN4O2. The van der Waals surface area contributed by atoms with Crippen molar-refractivity contribution < 1.29 is 13.9 Å². The van der Waals surface area contributed by atoms with E-state index in [9.17, 15) is 9.18 Å². The van der Waals surface area contributed by atoms with Crippen molar-refractivity contribution in [1.29, 1.82) is 0 Å². The van der Waals surface area contributed by atoms with Gasteiger partial charge in [0.1, 0.15) is 0 Å². The summed E-state index contributed by atoms with van der Waals surface area (Å²) in [5, 5.41) is 7.78. The van der Waals surface area contributed by atoms with E-state index in [0.29, 0.717) is 5.69 Å². The number of ether oxygens (including phenoxy) is 1. The Labute approximate surface area is 138 Å². The number of pyridine rings is 1. The molecule has 0 radical (unpaired) electrons. The molecule has 0 saturated carbocycles. The van der Waals surface area contributed by atoms with Crippen molar-refractivity contribution in [1.82, 2.24) is 14.8 Å². The van der Waals surface area contributed by atoms with E-state index in [4.69, 9.17) is 4.74 Å². The molecule has 24 heavy (non-hydrogen) atoms. The fraction of sp³-hybridized carbons (Fsp3) is 0.235. The van der Waals surface area contributed by atoms with E-state index >= 15 is 0 Å². The lowest BCUT2D eigenvalue weighted by Gasteiger charge is -2.09. The molecule has 3 rings (SSSR count). The Morgan fingerprint density at radius 1 is 1.33 bits per heavy atom. The largest absolute Gasteiger partial charge is 0.481 e. The van der Waals surface area contributed by atoms with Crippen LogP contribution in [0.1, 0.15) is 19.9 Å². The van der Waals surface area contributed by atoms with Crippen molar-refractivity contribution in [2.24, 2.45) is 0 Å². The second-order valence-electron chi connectivity index (χ2n) is 5.59. The Hall–Kier alpha value is -2.96. The van der Waals surface area contributed by atoms with Gasteiger partial charge in [-0.25, -0.2) is 14.1 Å². The number of fused-ring (bicyclic) bond motifs is 1. The zero-order valence-electron chi connectivity index (χ0n) is 13.4. The summed E-state index contributed by atoms with van der Waals surface area (Å²) < 4.78 is 20.4. The molecule has 0 aliphatic heterocycles. The van der Waals surface area contributed by atoms with Gasteiger partial charge in [0.2, 0.25) is 0 Å². The second-order valence-corrected chi connectivity index (χ2v) is 5.59. The number of hydrogen-bond donors (Lipinski definition) is 1. The van der Waals surface area contributed by atoms with E-state index in [1.54, 1.807) is 30.6 Å². The highest BCUT2D eigenvalue weighted by atomic mass is 19.1. The molecule has 0 aliphatic rings. The Morgan fingerprint density at radius 2 is 2.12 bits per heavy atom. The van der Waals surface area contributed by atoms with Gasteiger partial charge in [-0.05, 0) is 32.0 Å². The van der Waals surface area contributed by atoms with Gasteiger partial charge in [-0.15, -0.1) is 0 Å². The average molecular weight is 328 g/mol. The van der Waals surface area contributed by atoms with Gasteiger partial charge in [-0.3, -0.25) is 4.79 Å². The third kappa shape index (κ3) is 3.34. The summed E-state index contributed by atoms with van der Waals surface area (Å²) in [6.07, 6.45) is 3.26. The van der Waals surface area contributed by atoms with E-state index < -0.39 is 11.7 Å². The molecule has 1 N–H and O–H groups in total. The number of carbonyl (C=O) groups excluding carboxylic acids is 1. The lowest BCUT2D eigenvalue weighted by Crippen LogP contribution is -2.20. The number of benzene rings is 1. The smallest absolute Gasteiger partial charge is 0.262 e. The third-order valence-electron chi connectivity index (χ3n) is 3.40. The lowest BCUT2D eigenvalue weighted by molar-refractivity contribution is -0.118. The molecule has 1 aromatic carbocycles. The summed E-state index contributed by atoms with van der Waals surface area (Å²) in [4.78, 5) is 16.3. The zero-order chi connectivity index (χ0) is 17.1. The van der Waals surface area contributed by atoms with Crippen molar-refractivity contribution in [3.8, 4) is 5.75 Å². The number of hydrogen-bond acceptors (Lipinski definition) is 4. The van der Waals surface area contributed by atoms with Crippen molar-refractivity contribution in [2.75, 3.05) is 11.9 Å². The minimum absolute atomic E-state index is 0.0411. The Morgan fingerprint density at radius 3 is 2.88 bits per heavy atom. The summed E-state index contributed by atoms with van der Waals surface area (Å²) in [5.74, 6) is -0.857. The van der Waals surface area contributed by atoms with Gasteiger partial charge in [0.25, 0.3) is 5.91 Å². The van der Waals surface area contributed by atoms with Crippen molar-refractivity contribution in [3.63, 3.8) is 0 Å². The van der Waals surface area contributed by atoms with E-state index in [1.807, 2.05) is 18.5 Å². The average Bonchev–Trinajstić information content (AvgIpc) is 2.97. The highest BCUT2D eigenvalue weighted by Crippen LogP contribution is 2.19. The molecule has 2 heterocycles. The summed E-state index contributed by atoms with van der Waals surface area (Å²) in [5.41, 5.74) is 1.29. The molecule has 7 heteroatoms. The maximum atomic E-state index is 13.4. The molecule has 1 amide bonds. The van der Waals surface area contributed by atoms with E-state index in [2.05, 4.69) is 15.4 Å². The molecule has 0 unspecified atom stereocenters. The monoisotopic (exact) mass is 328 g/mol. The van der Waals surface area contributed by atoms with Crippen LogP contribution in [0.2, 0.25) is 0 Å². The van der Waals surface area contributed by atoms with Gasteiger partial charge in [-0.1, -0.05) is 12.1 Å². The number of rotatable bonds is 5. The number of nitrogens with one attached hydrogen (secondary N) is 1. The minimum atomic E-state index is -0.505. The van der Waals surface area contributed by atoms with Gasteiger partial charge in [0.05, 0.1) is 18.1 Å². The Kier molecular flexibility index (Phi) is 4.41. The fourth-order valence-corrected chi connectivity index (χ4v) is 2.29. The van der Waals surface area contributed by atoms with Crippen LogP contribution in [0.4, 0.5) is 10.1 Å². The number of carbonyl (C=O) groups is 1. The number of para-hydroxylation sites is 1. The maximum absolute atomic E-state index is 13.4. The highest BCUT2D eigenvalue weighted by molar-refractivity contribution is 5.93. The quantitative estimate of drug-likeness (QED) is 0.781. The van der Waals surface area contributed by atoms with E-state index in [0.717, 1.165) is 11.0 Å². The molecule has 2 aromatic heterocycles. The topological polar surface area (TPSA) is 69.0 Å². The molecule has 0 aliphatic carbocycles. The molecule has 6 nitrogen and oxygen atoms in total. The second kappa shape index (κ2) is 6.66. The molecule has 0 spiro atoms. The van der Waals surface area contributed by atoms with Crippen LogP contribution in [0.5, 0.6) is 5.75 Å². The van der Waals surface area contributed by atoms with E-state index in [1.165, 1.54) is 12.1 Å². The van der Waals surface area contributed by atoms with E-state index in [-0.39, 0.29) is 18.4 Å². The van der Waals surface area contributed by atoms with Crippen LogP contribution in [-0.2, 0) is 4.79 Å². The fourth-order valence-electron chi connectivity index (χ4n) is 2.29. The van der Waals surface area contributed by atoms with Crippen LogP contribution in [0, 0.1) is 5.82 Å². The molecule has 124 valence electrons. The van der Waals surface area contributed by atoms with Crippen molar-refractivity contribution in [2.45, 2.75) is 19.9 Å². The van der Waals surface area contributed by atoms with Gasteiger partial charge in [0, 0.05) is 11.4 Å². The number of anilines is 1. The first-order valence-corrected chi connectivity index (χ1v) is 7.55. The highest BCUT2D eigenvalue weighted by Gasteiger charge is 2.10. The number of halogens is 1. The predicted octanol–water partition coefficient (Wildman–Crippen LogP) is 3.17. The van der Waals surface area contributed by atoms with Gasteiger partial charge in [-0.2, -0.15) is 5.10 Å². The maximum Gasteiger partial charge on any atom is 0.262 e. The zero-order valence-corrected chi connectivity index (χ0v) is 13.4. The SMILES string of the molecule is CC(C)n1ncc2cc(NC(=O)COc3ccccc3F)cnc21. The van der Waals surface area contributed by atoms with Crippen LogP contribution in [0.3, 0.4) is 0 Å². The van der Waals surface area contributed by atoms with Crippen LogP contribution in [0.15, 0.2) is 42.7 Å². The predicted molar refractivity (Wildman–Crippen MR) is 88.4 cm³/mol. The van der Waals surface area contributed by atoms with Crippen LogP contribution >= 0.6 is 0 Å². The van der Waals surface area contributed by atoms with Crippen LogP contribution < -0.4 is 10.1 Å². The van der Waals surface area contributed by atoms with Gasteiger partial charge >= 0.3 is 0 Å². The lowest BCUT2D eigenvalue weighted by atomic mass is 10.3. The molecule has 0 atom stereocenters.